The molecule has 0 atom stereocenters. The van der Waals surface area contributed by atoms with E-state index in [2.05, 4.69) is 15.5 Å². The molecule has 0 bridgehead atoms. The zero-order valence-corrected chi connectivity index (χ0v) is 12.7. The monoisotopic (exact) mass is 325 g/mol. The van der Waals surface area contributed by atoms with Gasteiger partial charge in [0.25, 0.3) is 5.91 Å². The van der Waals surface area contributed by atoms with E-state index in [9.17, 15) is 9.90 Å². The number of nitrogens with zero attached hydrogens (tertiary/aromatic N) is 2. The van der Waals surface area contributed by atoms with Crippen molar-refractivity contribution in [2.24, 2.45) is 0 Å². The maximum atomic E-state index is 11.8. The Hall–Kier alpha value is -3.35. The number of hydrogen-bond donors (Lipinski definition) is 2. The number of rotatable bonds is 6. The summed E-state index contributed by atoms with van der Waals surface area (Å²) in [6, 6.07) is 15.5. The van der Waals surface area contributed by atoms with Crippen LogP contribution in [-0.2, 0) is 11.3 Å². The number of amides is 1. The molecule has 2 N–H and O–H groups in total. The molecule has 0 radical (unpaired) electrons. The first kappa shape index (κ1) is 15.5. The van der Waals surface area contributed by atoms with Crippen molar-refractivity contribution in [2.75, 3.05) is 6.61 Å². The summed E-state index contributed by atoms with van der Waals surface area (Å²) in [5, 5.41) is 15.7. The van der Waals surface area contributed by atoms with E-state index in [4.69, 9.17) is 9.26 Å². The number of aromatic nitrogens is 2. The molecule has 0 aliphatic carbocycles. The zero-order chi connectivity index (χ0) is 16.8. The number of phenolic OH excluding ortho intramolecular Hbond substituents is 1. The van der Waals surface area contributed by atoms with Crippen LogP contribution in [0, 0.1) is 0 Å². The molecule has 2 aromatic carbocycles. The normalized spacial score (nSPS) is 10.3. The highest BCUT2D eigenvalue weighted by atomic mass is 16.5. The third-order valence-corrected chi connectivity index (χ3v) is 3.14. The van der Waals surface area contributed by atoms with Crippen LogP contribution in [0.4, 0.5) is 0 Å². The van der Waals surface area contributed by atoms with Crippen molar-refractivity contribution in [1.29, 1.82) is 0 Å². The Morgan fingerprint density at radius 3 is 2.62 bits per heavy atom. The van der Waals surface area contributed by atoms with Gasteiger partial charge in [-0.25, -0.2) is 0 Å². The lowest BCUT2D eigenvalue weighted by Crippen LogP contribution is -2.28. The average molecular weight is 325 g/mol. The van der Waals surface area contributed by atoms with Crippen LogP contribution in [0.3, 0.4) is 0 Å². The summed E-state index contributed by atoms with van der Waals surface area (Å²) in [6.07, 6.45) is 0. The molecule has 122 valence electrons. The lowest BCUT2D eigenvalue weighted by atomic mass is 10.2. The predicted molar refractivity (Wildman–Crippen MR) is 85.2 cm³/mol. The van der Waals surface area contributed by atoms with Crippen molar-refractivity contribution in [3.8, 4) is 22.9 Å². The quantitative estimate of drug-likeness (QED) is 0.720. The van der Waals surface area contributed by atoms with Crippen LogP contribution in [-0.4, -0.2) is 27.8 Å². The Morgan fingerprint density at radius 2 is 1.88 bits per heavy atom. The van der Waals surface area contributed by atoms with Gasteiger partial charge in [0.2, 0.25) is 11.7 Å². The predicted octanol–water partition coefficient (Wildman–Crippen LogP) is 2.14. The molecule has 0 saturated carbocycles. The van der Waals surface area contributed by atoms with E-state index in [-0.39, 0.29) is 24.8 Å². The Morgan fingerprint density at radius 1 is 1.12 bits per heavy atom. The van der Waals surface area contributed by atoms with Gasteiger partial charge in [0.1, 0.15) is 11.5 Å². The fourth-order valence-electron chi connectivity index (χ4n) is 1.95. The summed E-state index contributed by atoms with van der Waals surface area (Å²) in [6.45, 7) is -0.0257. The van der Waals surface area contributed by atoms with Gasteiger partial charge in [-0.15, -0.1) is 0 Å². The standard InChI is InChI=1S/C17H15N3O4/c21-13-6-8-14(9-7-13)23-11-15(22)18-10-16-19-17(20-24-16)12-4-2-1-3-5-12/h1-9,21H,10-11H2,(H,18,22). The van der Waals surface area contributed by atoms with Crippen molar-refractivity contribution in [3.63, 3.8) is 0 Å². The highest BCUT2D eigenvalue weighted by Crippen LogP contribution is 2.16. The number of carbonyl (C=O) groups is 1. The van der Waals surface area contributed by atoms with Crippen LogP contribution in [0.5, 0.6) is 11.5 Å². The molecule has 0 aliphatic heterocycles. The van der Waals surface area contributed by atoms with Gasteiger partial charge in [-0.2, -0.15) is 4.98 Å². The van der Waals surface area contributed by atoms with Crippen molar-refractivity contribution in [1.82, 2.24) is 15.5 Å². The second-order valence-electron chi connectivity index (χ2n) is 4.94. The summed E-state index contributed by atoms with van der Waals surface area (Å²) in [5.74, 6) is 1.10. The van der Waals surface area contributed by atoms with Crippen molar-refractivity contribution in [3.05, 3.63) is 60.5 Å². The van der Waals surface area contributed by atoms with E-state index in [1.165, 1.54) is 12.1 Å². The molecule has 7 nitrogen and oxygen atoms in total. The summed E-state index contributed by atoms with van der Waals surface area (Å²) < 4.78 is 10.4. The van der Waals surface area contributed by atoms with E-state index in [0.717, 1.165) is 5.56 Å². The number of benzene rings is 2. The number of aromatic hydroxyl groups is 1. The van der Waals surface area contributed by atoms with Gasteiger partial charge in [0.05, 0.1) is 6.54 Å². The smallest absolute Gasteiger partial charge is 0.258 e. The summed E-state index contributed by atoms with van der Waals surface area (Å²) >= 11 is 0. The minimum atomic E-state index is -0.317. The van der Waals surface area contributed by atoms with Crippen molar-refractivity contribution >= 4 is 5.91 Å². The molecule has 24 heavy (non-hydrogen) atoms. The third-order valence-electron chi connectivity index (χ3n) is 3.14. The number of hydrogen-bond acceptors (Lipinski definition) is 6. The molecule has 0 unspecified atom stereocenters. The zero-order valence-electron chi connectivity index (χ0n) is 12.7. The topological polar surface area (TPSA) is 97.5 Å². The number of nitrogens with one attached hydrogen (secondary N) is 1. The van der Waals surface area contributed by atoms with E-state index < -0.39 is 0 Å². The molecule has 0 aliphatic rings. The van der Waals surface area contributed by atoms with Gasteiger partial charge >= 0.3 is 0 Å². The second-order valence-corrected chi connectivity index (χ2v) is 4.94. The van der Waals surface area contributed by atoms with E-state index in [0.29, 0.717) is 17.5 Å². The molecule has 3 aromatic rings. The molecule has 1 aromatic heterocycles. The van der Waals surface area contributed by atoms with Crippen LogP contribution < -0.4 is 10.1 Å². The van der Waals surface area contributed by atoms with Crippen LogP contribution in [0.2, 0.25) is 0 Å². The fourth-order valence-corrected chi connectivity index (χ4v) is 1.95. The summed E-state index contributed by atoms with van der Waals surface area (Å²) in [7, 11) is 0. The first-order chi connectivity index (χ1) is 11.7. The second kappa shape index (κ2) is 7.28. The summed E-state index contributed by atoms with van der Waals surface area (Å²) in [4.78, 5) is 16.0. The van der Waals surface area contributed by atoms with Crippen LogP contribution in [0.25, 0.3) is 11.4 Å². The fraction of sp³-hybridized carbons (Fsp3) is 0.118. The molecule has 3 rings (SSSR count). The maximum Gasteiger partial charge on any atom is 0.258 e. The van der Waals surface area contributed by atoms with Crippen LogP contribution >= 0.6 is 0 Å². The molecule has 1 heterocycles. The average Bonchev–Trinajstić information content (AvgIpc) is 3.09. The molecule has 0 fully saturated rings. The molecule has 7 heteroatoms. The summed E-state index contributed by atoms with van der Waals surface area (Å²) in [5.41, 5.74) is 0.842. The van der Waals surface area contributed by atoms with Crippen LogP contribution in [0.15, 0.2) is 59.1 Å². The largest absolute Gasteiger partial charge is 0.508 e. The number of ether oxygens (including phenoxy) is 1. The lowest BCUT2D eigenvalue weighted by Gasteiger charge is -2.06. The molecule has 0 spiro atoms. The molecule has 1 amide bonds. The lowest BCUT2D eigenvalue weighted by molar-refractivity contribution is -0.123. The number of phenols is 1. The minimum absolute atomic E-state index is 0.123. The molecular weight excluding hydrogens is 310 g/mol. The third kappa shape index (κ3) is 4.10. The van der Waals surface area contributed by atoms with E-state index in [1.807, 2.05) is 30.3 Å². The molecular formula is C17H15N3O4. The first-order valence-corrected chi connectivity index (χ1v) is 7.27. The van der Waals surface area contributed by atoms with Gasteiger partial charge in [-0.05, 0) is 24.3 Å². The van der Waals surface area contributed by atoms with Crippen molar-refractivity contribution < 1.29 is 19.2 Å². The van der Waals surface area contributed by atoms with E-state index in [1.54, 1.807) is 12.1 Å². The van der Waals surface area contributed by atoms with Gasteiger partial charge in [-0.1, -0.05) is 35.5 Å². The van der Waals surface area contributed by atoms with Crippen LogP contribution in [0.1, 0.15) is 5.89 Å². The van der Waals surface area contributed by atoms with Gasteiger partial charge in [-0.3, -0.25) is 4.79 Å². The Kier molecular flexibility index (Phi) is 4.71. The molecule has 0 saturated heterocycles. The number of carbonyl (C=O) groups excluding carboxylic acids is 1. The highest BCUT2D eigenvalue weighted by molar-refractivity contribution is 5.77. The van der Waals surface area contributed by atoms with Crippen molar-refractivity contribution in [2.45, 2.75) is 6.54 Å². The highest BCUT2D eigenvalue weighted by Gasteiger charge is 2.10. The van der Waals surface area contributed by atoms with Gasteiger partial charge < -0.3 is 19.7 Å². The Bertz CT molecular complexity index is 800. The maximum absolute atomic E-state index is 11.8. The Balaban J connectivity index is 1.48. The van der Waals surface area contributed by atoms with Gasteiger partial charge in [0, 0.05) is 5.56 Å². The minimum Gasteiger partial charge on any atom is -0.508 e. The Labute approximate surface area is 137 Å². The first-order valence-electron chi connectivity index (χ1n) is 7.27. The van der Waals surface area contributed by atoms with E-state index >= 15 is 0 Å². The van der Waals surface area contributed by atoms with Gasteiger partial charge in [0.15, 0.2) is 6.61 Å². The SMILES string of the molecule is O=C(COc1ccc(O)cc1)NCc1nc(-c2ccccc2)no1.